The highest BCUT2D eigenvalue weighted by Crippen LogP contribution is 2.19. The zero-order valence-corrected chi connectivity index (χ0v) is 14.9. The van der Waals surface area contributed by atoms with Gasteiger partial charge in [0.15, 0.2) is 0 Å². The summed E-state index contributed by atoms with van der Waals surface area (Å²) in [5.74, 6) is 0.917. The van der Waals surface area contributed by atoms with Crippen LogP contribution in [0.25, 0.3) is 11.0 Å². The van der Waals surface area contributed by atoms with Crippen LogP contribution in [-0.2, 0) is 11.3 Å². The molecular formula is C20H23N5O. The van der Waals surface area contributed by atoms with Crippen LogP contribution in [0.4, 0.5) is 11.6 Å². The molecule has 6 heteroatoms. The summed E-state index contributed by atoms with van der Waals surface area (Å²) < 4.78 is 0. The molecule has 0 spiro atoms. The number of carbonyl (C=O) groups is 1. The van der Waals surface area contributed by atoms with Crippen LogP contribution in [0.3, 0.4) is 0 Å². The minimum atomic E-state index is -0.0402. The Balaban J connectivity index is 1.37. The number of imidazole rings is 1. The fourth-order valence-corrected chi connectivity index (χ4v) is 3.42. The fourth-order valence-electron chi connectivity index (χ4n) is 3.42. The summed E-state index contributed by atoms with van der Waals surface area (Å²) in [5, 5.41) is 2.85. The Kier molecular flexibility index (Phi) is 4.58. The molecule has 1 aromatic heterocycles. The molecule has 134 valence electrons. The van der Waals surface area contributed by atoms with E-state index in [9.17, 15) is 4.79 Å². The molecule has 0 atom stereocenters. The quantitative estimate of drug-likeness (QED) is 0.760. The molecule has 0 radical (unpaired) electrons. The van der Waals surface area contributed by atoms with Crippen molar-refractivity contribution in [2.75, 3.05) is 36.4 Å². The van der Waals surface area contributed by atoms with E-state index in [1.54, 1.807) is 0 Å². The van der Waals surface area contributed by atoms with E-state index in [0.717, 1.165) is 55.4 Å². The highest BCUT2D eigenvalue weighted by atomic mass is 16.1. The lowest BCUT2D eigenvalue weighted by Crippen LogP contribution is -2.46. The number of anilines is 2. The Bertz CT molecular complexity index is 878. The number of benzene rings is 2. The first-order valence-electron chi connectivity index (χ1n) is 8.96. The summed E-state index contributed by atoms with van der Waals surface area (Å²) in [6.07, 6.45) is 0. The first-order valence-corrected chi connectivity index (χ1v) is 8.96. The highest BCUT2D eigenvalue weighted by Gasteiger charge is 2.19. The SMILES string of the molecule is CC(=O)Nc1cccc(CN2CCN(c3nc4ccccc4[nH]3)CC2)c1. The minimum Gasteiger partial charge on any atom is -0.340 e. The molecule has 0 saturated carbocycles. The topological polar surface area (TPSA) is 64.3 Å². The van der Waals surface area contributed by atoms with Gasteiger partial charge in [0.1, 0.15) is 0 Å². The lowest BCUT2D eigenvalue weighted by molar-refractivity contribution is -0.114. The number of hydrogen-bond donors (Lipinski definition) is 2. The van der Waals surface area contributed by atoms with Gasteiger partial charge >= 0.3 is 0 Å². The maximum absolute atomic E-state index is 11.2. The van der Waals surface area contributed by atoms with Crippen molar-refractivity contribution in [3.8, 4) is 0 Å². The number of nitrogens with zero attached hydrogens (tertiary/aromatic N) is 3. The van der Waals surface area contributed by atoms with Crippen LogP contribution in [-0.4, -0.2) is 47.0 Å². The van der Waals surface area contributed by atoms with E-state index in [2.05, 4.69) is 32.2 Å². The molecule has 2 aromatic carbocycles. The van der Waals surface area contributed by atoms with Crippen LogP contribution in [0.2, 0.25) is 0 Å². The van der Waals surface area contributed by atoms with Crippen molar-refractivity contribution in [1.29, 1.82) is 0 Å². The van der Waals surface area contributed by atoms with Gasteiger partial charge < -0.3 is 15.2 Å². The number of carbonyl (C=O) groups excluding carboxylic acids is 1. The van der Waals surface area contributed by atoms with Crippen LogP contribution < -0.4 is 10.2 Å². The van der Waals surface area contributed by atoms with E-state index in [0.29, 0.717) is 0 Å². The number of rotatable bonds is 4. The number of H-pyrrole nitrogens is 1. The molecule has 2 N–H and O–H groups in total. The largest absolute Gasteiger partial charge is 0.340 e. The van der Waals surface area contributed by atoms with Gasteiger partial charge in [-0.25, -0.2) is 4.98 Å². The number of aromatic nitrogens is 2. The number of nitrogens with one attached hydrogen (secondary N) is 2. The smallest absolute Gasteiger partial charge is 0.221 e. The number of fused-ring (bicyclic) bond motifs is 1. The first kappa shape index (κ1) is 16.6. The zero-order chi connectivity index (χ0) is 17.9. The second-order valence-electron chi connectivity index (χ2n) is 6.72. The van der Waals surface area contributed by atoms with Gasteiger partial charge in [-0.05, 0) is 29.8 Å². The number of hydrogen-bond acceptors (Lipinski definition) is 4. The second-order valence-corrected chi connectivity index (χ2v) is 6.72. The second kappa shape index (κ2) is 7.17. The Morgan fingerprint density at radius 2 is 1.92 bits per heavy atom. The zero-order valence-electron chi connectivity index (χ0n) is 14.9. The molecule has 1 aliphatic rings. The van der Waals surface area contributed by atoms with Gasteiger partial charge in [-0.3, -0.25) is 9.69 Å². The summed E-state index contributed by atoms with van der Waals surface area (Å²) in [5.41, 5.74) is 4.17. The van der Waals surface area contributed by atoms with Gasteiger partial charge in [0.05, 0.1) is 11.0 Å². The monoisotopic (exact) mass is 349 g/mol. The summed E-state index contributed by atoms with van der Waals surface area (Å²) in [6, 6.07) is 16.2. The van der Waals surface area contributed by atoms with E-state index < -0.39 is 0 Å². The number of aromatic amines is 1. The van der Waals surface area contributed by atoms with Crippen molar-refractivity contribution in [2.45, 2.75) is 13.5 Å². The van der Waals surface area contributed by atoms with Crippen LogP contribution in [0, 0.1) is 0 Å². The molecule has 0 aliphatic carbocycles. The van der Waals surface area contributed by atoms with Crippen molar-refractivity contribution in [3.63, 3.8) is 0 Å². The maximum Gasteiger partial charge on any atom is 0.221 e. The fraction of sp³-hybridized carbons (Fsp3) is 0.300. The predicted octanol–water partition coefficient (Wildman–Crippen LogP) is 2.84. The number of para-hydroxylation sites is 2. The van der Waals surface area contributed by atoms with Gasteiger partial charge in [0.25, 0.3) is 0 Å². The standard InChI is InChI=1S/C20H23N5O/c1-15(26)21-17-6-4-5-16(13-17)14-24-9-11-25(12-10-24)20-22-18-7-2-3-8-19(18)23-20/h2-8,13H,9-12,14H2,1H3,(H,21,26)(H,22,23). The van der Waals surface area contributed by atoms with Crippen LogP contribution >= 0.6 is 0 Å². The Morgan fingerprint density at radius 1 is 1.12 bits per heavy atom. The molecule has 3 aromatic rings. The third-order valence-electron chi connectivity index (χ3n) is 4.70. The maximum atomic E-state index is 11.2. The van der Waals surface area contributed by atoms with E-state index in [-0.39, 0.29) is 5.91 Å². The molecule has 2 heterocycles. The van der Waals surface area contributed by atoms with Gasteiger partial charge in [0, 0.05) is 45.3 Å². The molecule has 6 nitrogen and oxygen atoms in total. The Morgan fingerprint density at radius 3 is 2.69 bits per heavy atom. The summed E-state index contributed by atoms with van der Waals surface area (Å²) in [6.45, 7) is 6.30. The lowest BCUT2D eigenvalue weighted by atomic mass is 10.1. The van der Waals surface area contributed by atoms with E-state index >= 15 is 0 Å². The van der Waals surface area contributed by atoms with Crippen molar-refractivity contribution in [2.24, 2.45) is 0 Å². The third-order valence-corrected chi connectivity index (χ3v) is 4.70. The van der Waals surface area contributed by atoms with Gasteiger partial charge in [-0.2, -0.15) is 0 Å². The summed E-state index contributed by atoms with van der Waals surface area (Å²) in [7, 11) is 0. The van der Waals surface area contributed by atoms with Gasteiger partial charge in [-0.15, -0.1) is 0 Å². The van der Waals surface area contributed by atoms with E-state index in [4.69, 9.17) is 4.98 Å². The molecule has 1 amide bonds. The highest BCUT2D eigenvalue weighted by molar-refractivity contribution is 5.88. The minimum absolute atomic E-state index is 0.0402. The molecule has 26 heavy (non-hydrogen) atoms. The average Bonchev–Trinajstić information content (AvgIpc) is 3.06. The van der Waals surface area contributed by atoms with Crippen molar-refractivity contribution >= 4 is 28.6 Å². The van der Waals surface area contributed by atoms with Gasteiger partial charge in [-0.1, -0.05) is 24.3 Å². The van der Waals surface area contributed by atoms with E-state index in [1.165, 1.54) is 12.5 Å². The van der Waals surface area contributed by atoms with Crippen LogP contribution in [0.15, 0.2) is 48.5 Å². The predicted molar refractivity (Wildman–Crippen MR) is 104 cm³/mol. The Labute approximate surface area is 152 Å². The van der Waals surface area contributed by atoms with E-state index in [1.807, 2.05) is 36.4 Å². The Hall–Kier alpha value is -2.86. The average molecular weight is 349 g/mol. The molecule has 4 rings (SSSR count). The molecule has 0 unspecified atom stereocenters. The summed E-state index contributed by atoms with van der Waals surface area (Å²) >= 11 is 0. The van der Waals surface area contributed by atoms with Gasteiger partial charge in [0.2, 0.25) is 11.9 Å². The van der Waals surface area contributed by atoms with Crippen molar-refractivity contribution < 1.29 is 4.79 Å². The molecule has 1 aliphatic heterocycles. The van der Waals surface area contributed by atoms with Crippen molar-refractivity contribution in [3.05, 3.63) is 54.1 Å². The first-order chi connectivity index (χ1) is 12.7. The normalized spacial score (nSPS) is 15.3. The lowest BCUT2D eigenvalue weighted by Gasteiger charge is -2.34. The molecule has 1 saturated heterocycles. The van der Waals surface area contributed by atoms with Crippen LogP contribution in [0.1, 0.15) is 12.5 Å². The molecule has 1 fully saturated rings. The summed E-state index contributed by atoms with van der Waals surface area (Å²) in [4.78, 5) is 24.1. The number of piperazine rings is 1. The number of amides is 1. The van der Waals surface area contributed by atoms with Crippen LogP contribution in [0.5, 0.6) is 0 Å². The molecule has 0 bridgehead atoms. The molecular weight excluding hydrogens is 326 g/mol. The third kappa shape index (κ3) is 3.70. The van der Waals surface area contributed by atoms with Crippen molar-refractivity contribution in [1.82, 2.24) is 14.9 Å².